The van der Waals surface area contributed by atoms with Gasteiger partial charge in [-0.15, -0.1) is 11.3 Å². The number of allylic oxidation sites excluding steroid dienone is 2. The van der Waals surface area contributed by atoms with E-state index in [0.29, 0.717) is 31.7 Å². The Morgan fingerprint density at radius 2 is 1.78 bits per heavy atom. The Morgan fingerprint density at radius 1 is 1.03 bits per heavy atom. The summed E-state index contributed by atoms with van der Waals surface area (Å²) in [6, 6.07) is 15.5. The number of para-hydroxylation sites is 1. The Labute approximate surface area is 381 Å². The predicted octanol–water partition coefficient (Wildman–Crippen LogP) is 7.74. The number of thiazole rings is 1. The first-order valence-corrected chi connectivity index (χ1v) is 24.7. The van der Waals surface area contributed by atoms with Crippen molar-refractivity contribution < 1.29 is 37.1 Å². The van der Waals surface area contributed by atoms with E-state index in [4.69, 9.17) is 19.4 Å². The summed E-state index contributed by atoms with van der Waals surface area (Å²) < 4.78 is 43.4. The molecule has 4 heterocycles. The molecule has 1 N–H and O–H groups in total. The Balaban J connectivity index is 1.22. The molecule has 2 fully saturated rings. The molecule has 64 heavy (non-hydrogen) atoms. The number of esters is 1. The van der Waals surface area contributed by atoms with Crippen molar-refractivity contribution in [1.29, 1.82) is 0 Å². The van der Waals surface area contributed by atoms with E-state index in [1.54, 1.807) is 32.1 Å². The van der Waals surface area contributed by atoms with Crippen molar-refractivity contribution in [2.24, 2.45) is 17.3 Å². The van der Waals surface area contributed by atoms with E-state index in [2.05, 4.69) is 23.8 Å². The topological polar surface area (TPSA) is 170 Å². The minimum absolute atomic E-state index is 0.0419. The summed E-state index contributed by atoms with van der Waals surface area (Å²) in [5.41, 5.74) is 2.56. The van der Waals surface area contributed by atoms with Gasteiger partial charge in [0.15, 0.2) is 5.78 Å². The lowest BCUT2D eigenvalue weighted by Crippen LogP contribution is -2.47. The lowest BCUT2D eigenvalue weighted by molar-refractivity contribution is -0.159. The van der Waals surface area contributed by atoms with Gasteiger partial charge in [-0.1, -0.05) is 61.4 Å². The molecule has 2 amide bonds. The molecule has 0 bridgehead atoms. The van der Waals surface area contributed by atoms with Crippen LogP contribution < -0.4 is 9.46 Å². The van der Waals surface area contributed by atoms with Gasteiger partial charge in [0.25, 0.3) is 6.01 Å². The lowest BCUT2D eigenvalue weighted by atomic mass is 9.90. The van der Waals surface area contributed by atoms with Crippen molar-refractivity contribution in [1.82, 2.24) is 28.5 Å². The maximum absolute atomic E-state index is 14.8. The number of hydrogen-bond donors (Lipinski definition) is 1. The molecule has 5 atom stereocenters. The summed E-state index contributed by atoms with van der Waals surface area (Å²) >= 11 is 1.62. The van der Waals surface area contributed by atoms with Gasteiger partial charge in [0, 0.05) is 55.8 Å². The number of hydrogen-bond acceptors (Lipinski definition) is 11. The van der Waals surface area contributed by atoms with Crippen LogP contribution in [0.3, 0.4) is 0 Å². The van der Waals surface area contributed by atoms with E-state index in [0.717, 1.165) is 55.7 Å². The van der Waals surface area contributed by atoms with Crippen LogP contribution in [0, 0.1) is 24.2 Å². The number of carbonyl (C=O) groups excluding carboxylic acids is 4. The van der Waals surface area contributed by atoms with Crippen molar-refractivity contribution in [3.8, 4) is 16.6 Å². The van der Waals surface area contributed by atoms with Crippen LogP contribution in [0.15, 0.2) is 60.7 Å². The first kappa shape index (κ1) is 47.0. The molecular formula is C48H62N6O8S2. The quantitative estimate of drug-likeness (QED) is 0.116. The smallest absolute Gasteiger partial charge is 0.307 e. The molecule has 0 spiro atoms. The summed E-state index contributed by atoms with van der Waals surface area (Å²) in [7, 11) is -1.49. The van der Waals surface area contributed by atoms with E-state index in [1.807, 2.05) is 67.0 Å². The number of rotatable bonds is 11. The van der Waals surface area contributed by atoms with Gasteiger partial charge in [0.05, 0.1) is 35.6 Å². The van der Waals surface area contributed by atoms with Gasteiger partial charge in [-0.3, -0.25) is 23.7 Å². The van der Waals surface area contributed by atoms with Gasteiger partial charge in [-0.25, -0.2) is 9.71 Å². The Bertz CT molecular complexity index is 2520. The molecule has 2 aliphatic heterocycles. The van der Waals surface area contributed by atoms with E-state index in [9.17, 15) is 27.6 Å². The number of amides is 2. The third-order valence-electron chi connectivity index (χ3n) is 12.5. The third-order valence-corrected chi connectivity index (χ3v) is 14.9. The van der Waals surface area contributed by atoms with Crippen molar-refractivity contribution in [3.63, 3.8) is 0 Å². The van der Waals surface area contributed by atoms with Crippen LogP contribution in [-0.2, 0) is 40.5 Å². The van der Waals surface area contributed by atoms with E-state index < -0.39 is 51.2 Å². The fourth-order valence-electron chi connectivity index (χ4n) is 9.02. The minimum Gasteiger partial charge on any atom is -0.460 e. The molecule has 0 unspecified atom stereocenters. The summed E-state index contributed by atoms with van der Waals surface area (Å²) in [5.74, 6) is -3.07. The SMILES string of the molecule is Cc1sc(-c2cccc3c2nc(O[C@@H]2C[C@H]4C(=O)C[C@]5(C(=O)NS(=O)(=O)N(C)C)C[C@H]5/C=C\CCCCC[C@H](CC(=O)OC(C)(C)C)C(=O)N4C2)n3C(C)C)nc1Cc1ccccc1. The number of carbonyl (C=O) groups is 4. The Hall–Kier alpha value is -4.93. The molecule has 1 aliphatic carbocycles. The second kappa shape index (κ2) is 18.9. The number of benzene rings is 2. The molecule has 0 radical (unpaired) electrons. The van der Waals surface area contributed by atoms with Gasteiger partial charge in [-0.2, -0.15) is 17.7 Å². The van der Waals surface area contributed by atoms with Crippen LogP contribution in [0.5, 0.6) is 6.01 Å². The third kappa shape index (κ3) is 10.4. The lowest BCUT2D eigenvalue weighted by Gasteiger charge is -2.29. The maximum Gasteiger partial charge on any atom is 0.307 e. The Kier molecular flexibility index (Phi) is 13.9. The molecule has 1 saturated carbocycles. The van der Waals surface area contributed by atoms with E-state index in [-0.39, 0.29) is 49.5 Å². The van der Waals surface area contributed by atoms with Crippen LogP contribution in [0.25, 0.3) is 21.6 Å². The summed E-state index contributed by atoms with van der Waals surface area (Å²) in [6.07, 6.45) is 7.38. The average molecular weight is 915 g/mol. The molecular weight excluding hydrogens is 853 g/mol. The number of fused-ring (bicyclic) bond motifs is 3. The first-order chi connectivity index (χ1) is 30.3. The molecule has 16 heteroatoms. The van der Waals surface area contributed by atoms with Gasteiger partial charge in [0.1, 0.15) is 22.2 Å². The van der Waals surface area contributed by atoms with Gasteiger partial charge >= 0.3 is 16.2 Å². The Morgan fingerprint density at radius 3 is 2.48 bits per heavy atom. The number of nitrogens with zero attached hydrogens (tertiary/aromatic N) is 5. The zero-order valence-electron chi connectivity index (χ0n) is 38.3. The number of aromatic nitrogens is 3. The van der Waals surface area contributed by atoms with E-state index in [1.165, 1.54) is 24.6 Å². The average Bonchev–Trinajstić information content (AvgIpc) is 3.45. The standard InChI is InChI=1S/C48H62N6O8S2/c1-30(2)54-38-23-17-22-36(43-49-37(31(3)63-43)24-32-18-13-12-14-19-32)42(38)50-46(54)61-35-26-39-40(55)28-48(45(58)51-64(59,60)52(7)8)27-34(48)21-16-11-9-10-15-20-33(44(57)53(39)29-35)25-41(56)62-47(4,5)6/h12-14,16-19,21-23,30,33-35,39H,9-11,15,20,24-29H2,1-8H3,(H,51,58)/b21-16-/t33-,34-,35-,39+,48-/m1/s1. The van der Waals surface area contributed by atoms with Crippen LogP contribution in [0.1, 0.15) is 115 Å². The number of ketones is 1. The first-order valence-electron chi connectivity index (χ1n) is 22.4. The highest BCUT2D eigenvalue weighted by Crippen LogP contribution is 2.57. The van der Waals surface area contributed by atoms with Gasteiger partial charge < -0.3 is 14.4 Å². The second-order valence-electron chi connectivity index (χ2n) is 19.1. The van der Waals surface area contributed by atoms with Gasteiger partial charge in [-0.05, 0) is 90.8 Å². The molecule has 1 saturated heterocycles. The zero-order chi connectivity index (χ0) is 46.1. The second-order valence-corrected chi connectivity index (χ2v) is 22.2. The molecule has 14 nitrogen and oxygen atoms in total. The molecule has 3 aliphatic rings. The normalized spacial score (nSPS) is 23.9. The highest BCUT2D eigenvalue weighted by Gasteiger charge is 2.61. The molecule has 7 rings (SSSR count). The number of ether oxygens (including phenoxy) is 2. The number of imidazole rings is 1. The highest BCUT2D eigenvalue weighted by atomic mass is 32.2. The van der Waals surface area contributed by atoms with Crippen LogP contribution in [0.2, 0.25) is 0 Å². The molecule has 4 aromatic rings. The highest BCUT2D eigenvalue weighted by molar-refractivity contribution is 7.87. The van der Waals surface area contributed by atoms with Gasteiger partial charge in [0.2, 0.25) is 11.8 Å². The van der Waals surface area contributed by atoms with Crippen LogP contribution in [-0.4, -0.2) is 94.1 Å². The zero-order valence-corrected chi connectivity index (χ0v) is 39.9. The van der Waals surface area contributed by atoms with Crippen molar-refractivity contribution >= 4 is 56.1 Å². The predicted molar refractivity (Wildman–Crippen MR) is 247 cm³/mol. The molecule has 2 aromatic heterocycles. The van der Waals surface area contributed by atoms with Crippen molar-refractivity contribution in [3.05, 3.63) is 76.8 Å². The van der Waals surface area contributed by atoms with E-state index >= 15 is 0 Å². The fraction of sp³-hybridized carbons (Fsp3) is 0.542. The number of Topliss-reactive ketones (excluding diaryl/α,β-unsaturated/α-hetero) is 1. The number of aryl methyl sites for hydroxylation is 1. The van der Waals surface area contributed by atoms with Crippen molar-refractivity contribution in [2.75, 3.05) is 20.6 Å². The summed E-state index contributed by atoms with van der Waals surface area (Å²) in [4.78, 5) is 69.7. The summed E-state index contributed by atoms with van der Waals surface area (Å²) in [5, 5.41) is 0.845. The molecule has 2 aromatic carbocycles. The number of nitrogens with one attached hydrogen (secondary N) is 1. The summed E-state index contributed by atoms with van der Waals surface area (Å²) in [6.45, 7) is 11.6. The minimum atomic E-state index is -4.14. The molecule has 344 valence electrons. The van der Waals surface area contributed by atoms with Crippen LogP contribution in [0.4, 0.5) is 0 Å². The van der Waals surface area contributed by atoms with Crippen LogP contribution >= 0.6 is 11.3 Å². The monoisotopic (exact) mass is 914 g/mol. The largest absolute Gasteiger partial charge is 0.460 e. The maximum atomic E-state index is 14.8. The van der Waals surface area contributed by atoms with Crippen molar-refractivity contribution in [2.45, 2.75) is 130 Å². The fourth-order valence-corrected chi connectivity index (χ4v) is 10.6.